The van der Waals surface area contributed by atoms with Gasteiger partial charge in [0.05, 0.1) is 0 Å². The molecule has 1 aromatic rings. The number of aryl methyl sites for hydroxylation is 1. The molecule has 0 radical (unpaired) electrons. The van der Waals surface area contributed by atoms with Crippen LogP contribution in [0.1, 0.15) is 50.7 Å². The molecule has 0 bridgehead atoms. The second kappa shape index (κ2) is 10.9. The van der Waals surface area contributed by atoms with Gasteiger partial charge < -0.3 is 15.5 Å². The van der Waals surface area contributed by atoms with Crippen LogP contribution in [0.3, 0.4) is 0 Å². The van der Waals surface area contributed by atoms with E-state index in [-0.39, 0.29) is 5.92 Å². The minimum Gasteiger partial charge on any atom is -0.356 e. The van der Waals surface area contributed by atoms with Gasteiger partial charge in [-0.15, -0.1) is 0 Å². The molecule has 0 saturated carbocycles. The Hall–Kier alpha value is -2.11. The van der Waals surface area contributed by atoms with Crippen molar-refractivity contribution in [1.29, 1.82) is 0 Å². The second-order valence-corrected chi connectivity index (χ2v) is 7.31. The van der Waals surface area contributed by atoms with Gasteiger partial charge in [0.25, 0.3) is 0 Å². The standard InChI is InChI=1S/C21H35N5O/c1-5-17(6-2)20(27)26-13-9-19(10-14-26)25-21(22-4)24-12-8-18-7-11-23-15-16(18)3/h7,11,15,17,19H,5-6,8-10,12-14H2,1-4H3,(H2,22,24,25). The topological polar surface area (TPSA) is 69.6 Å². The number of aliphatic imine (C=N–C) groups is 1. The summed E-state index contributed by atoms with van der Waals surface area (Å²) in [7, 11) is 1.80. The second-order valence-electron chi connectivity index (χ2n) is 7.31. The number of pyridine rings is 1. The monoisotopic (exact) mass is 373 g/mol. The van der Waals surface area contributed by atoms with Crippen LogP contribution in [-0.4, -0.2) is 54.5 Å². The first-order valence-electron chi connectivity index (χ1n) is 10.2. The molecule has 2 heterocycles. The van der Waals surface area contributed by atoms with Gasteiger partial charge in [0.1, 0.15) is 0 Å². The number of guanidine groups is 1. The average molecular weight is 374 g/mol. The fraction of sp³-hybridized carbons (Fsp3) is 0.667. The minimum absolute atomic E-state index is 0.181. The molecule has 0 aliphatic carbocycles. The maximum absolute atomic E-state index is 12.5. The van der Waals surface area contributed by atoms with E-state index < -0.39 is 0 Å². The fourth-order valence-electron chi connectivity index (χ4n) is 3.63. The Bertz CT molecular complexity index is 619. The summed E-state index contributed by atoms with van der Waals surface area (Å²) >= 11 is 0. The number of nitrogens with one attached hydrogen (secondary N) is 2. The summed E-state index contributed by atoms with van der Waals surface area (Å²) in [5.74, 6) is 1.35. The lowest BCUT2D eigenvalue weighted by Gasteiger charge is -2.34. The highest BCUT2D eigenvalue weighted by Crippen LogP contribution is 2.17. The van der Waals surface area contributed by atoms with Gasteiger partial charge in [-0.25, -0.2) is 0 Å². The van der Waals surface area contributed by atoms with Crippen LogP contribution in [0.15, 0.2) is 23.5 Å². The minimum atomic E-state index is 0.181. The van der Waals surface area contributed by atoms with Gasteiger partial charge in [-0.1, -0.05) is 13.8 Å². The number of hydrogen-bond donors (Lipinski definition) is 2. The summed E-state index contributed by atoms with van der Waals surface area (Å²) in [5.41, 5.74) is 2.53. The van der Waals surface area contributed by atoms with Crippen LogP contribution in [-0.2, 0) is 11.2 Å². The van der Waals surface area contributed by atoms with Gasteiger partial charge >= 0.3 is 0 Å². The Balaban J connectivity index is 1.74. The molecule has 150 valence electrons. The Labute approximate surface area is 163 Å². The quantitative estimate of drug-likeness (QED) is 0.569. The summed E-state index contributed by atoms with van der Waals surface area (Å²) in [6.07, 6.45) is 8.48. The van der Waals surface area contributed by atoms with Crippen molar-refractivity contribution in [3.05, 3.63) is 29.6 Å². The van der Waals surface area contributed by atoms with Gasteiger partial charge in [0.2, 0.25) is 5.91 Å². The Morgan fingerprint density at radius 1 is 1.33 bits per heavy atom. The predicted molar refractivity (Wildman–Crippen MR) is 111 cm³/mol. The molecule has 1 aromatic heterocycles. The summed E-state index contributed by atoms with van der Waals surface area (Å²) in [5, 5.41) is 6.91. The summed E-state index contributed by atoms with van der Waals surface area (Å²) in [6, 6.07) is 2.43. The van der Waals surface area contributed by atoms with E-state index in [0.717, 1.165) is 57.7 Å². The van der Waals surface area contributed by atoms with Crippen LogP contribution < -0.4 is 10.6 Å². The average Bonchev–Trinajstić information content (AvgIpc) is 2.70. The van der Waals surface area contributed by atoms with E-state index in [1.54, 1.807) is 7.05 Å². The van der Waals surface area contributed by atoms with Crippen LogP contribution in [0.4, 0.5) is 0 Å². The number of aromatic nitrogens is 1. The van der Waals surface area contributed by atoms with Gasteiger partial charge in [-0.2, -0.15) is 0 Å². The maximum Gasteiger partial charge on any atom is 0.225 e. The van der Waals surface area contributed by atoms with Crippen LogP contribution in [0.25, 0.3) is 0 Å². The number of hydrogen-bond acceptors (Lipinski definition) is 3. The summed E-state index contributed by atoms with van der Waals surface area (Å²) in [6.45, 7) is 8.79. The molecule has 0 aromatic carbocycles. The number of carbonyl (C=O) groups excluding carboxylic acids is 1. The lowest BCUT2D eigenvalue weighted by atomic mass is 9.98. The first kappa shape index (κ1) is 21.2. The van der Waals surface area contributed by atoms with E-state index in [9.17, 15) is 4.79 Å². The molecule has 0 unspecified atom stereocenters. The highest BCUT2D eigenvalue weighted by molar-refractivity contribution is 5.80. The molecule has 1 fully saturated rings. The van der Waals surface area contributed by atoms with Gasteiger partial charge in [-0.3, -0.25) is 14.8 Å². The molecule has 1 amide bonds. The largest absolute Gasteiger partial charge is 0.356 e. The molecule has 1 saturated heterocycles. The van der Waals surface area contributed by atoms with Crippen LogP contribution in [0.5, 0.6) is 0 Å². The number of carbonyl (C=O) groups is 1. The predicted octanol–water partition coefficient (Wildman–Crippen LogP) is 2.52. The van der Waals surface area contributed by atoms with Crippen LogP contribution >= 0.6 is 0 Å². The number of rotatable bonds is 7. The molecule has 2 N–H and O–H groups in total. The lowest BCUT2D eigenvalue weighted by molar-refractivity contribution is -0.136. The third-order valence-corrected chi connectivity index (χ3v) is 5.53. The smallest absolute Gasteiger partial charge is 0.225 e. The van der Waals surface area contributed by atoms with E-state index in [2.05, 4.69) is 47.4 Å². The van der Waals surface area contributed by atoms with Gasteiger partial charge in [0, 0.05) is 51.0 Å². The number of nitrogens with zero attached hydrogens (tertiary/aromatic N) is 3. The van der Waals surface area contributed by atoms with Crippen molar-refractivity contribution in [3.8, 4) is 0 Å². The summed E-state index contributed by atoms with van der Waals surface area (Å²) in [4.78, 5) is 23.0. The molecule has 2 rings (SSSR count). The number of piperidine rings is 1. The molecule has 6 nitrogen and oxygen atoms in total. The number of likely N-dealkylation sites (tertiary alicyclic amines) is 1. The molecule has 1 aliphatic heterocycles. The molecule has 27 heavy (non-hydrogen) atoms. The molecule has 0 atom stereocenters. The Kier molecular flexibility index (Phi) is 8.55. The first-order chi connectivity index (χ1) is 13.1. The fourth-order valence-corrected chi connectivity index (χ4v) is 3.63. The zero-order valence-electron chi connectivity index (χ0n) is 17.3. The van der Waals surface area contributed by atoms with E-state index >= 15 is 0 Å². The highest BCUT2D eigenvalue weighted by Gasteiger charge is 2.26. The normalized spacial score (nSPS) is 15.9. The van der Waals surface area contributed by atoms with Crippen molar-refractivity contribution in [2.75, 3.05) is 26.7 Å². The SMILES string of the molecule is CCC(CC)C(=O)N1CCC(NC(=NC)NCCc2ccncc2C)CC1. The van der Waals surface area contributed by atoms with E-state index in [4.69, 9.17) is 0 Å². The zero-order chi connectivity index (χ0) is 19.6. The van der Waals surface area contributed by atoms with Crippen molar-refractivity contribution >= 4 is 11.9 Å². The van der Waals surface area contributed by atoms with E-state index in [1.165, 1.54) is 11.1 Å². The van der Waals surface area contributed by atoms with Crippen molar-refractivity contribution in [3.63, 3.8) is 0 Å². The van der Waals surface area contributed by atoms with Crippen molar-refractivity contribution < 1.29 is 4.79 Å². The highest BCUT2D eigenvalue weighted by atomic mass is 16.2. The van der Waals surface area contributed by atoms with E-state index in [1.807, 2.05) is 17.3 Å². The Morgan fingerprint density at radius 2 is 2.04 bits per heavy atom. The van der Waals surface area contributed by atoms with Gasteiger partial charge in [-0.05, 0) is 56.2 Å². The van der Waals surface area contributed by atoms with Gasteiger partial charge in [0.15, 0.2) is 5.96 Å². The molecule has 6 heteroatoms. The maximum atomic E-state index is 12.5. The van der Waals surface area contributed by atoms with Crippen molar-refractivity contribution in [1.82, 2.24) is 20.5 Å². The zero-order valence-corrected chi connectivity index (χ0v) is 17.3. The van der Waals surface area contributed by atoms with Crippen molar-refractivity contribution in [2.24, 2.45) is 10.9 Å². The number of amides is 1. The third-order valence-electron chi connectivity index (χ3n) is 5.53. The molecular formula is C21H35N5O. The molecule has 0 spiro atoms. The first-order valence-corrected chi connectivity index (χ1v) is 10.2. The van der Waals surface area contributed by atoms with E-state index in [0.29, 0.717) is 11.9 Å². The lowest BCUT2D eigenvalue weighted by Crippen LogP contribution is -2.50. The van der Waals surface area contributed by atoms with Crippen molar-refractivity contribution in [2.45, 2.75) is 58.9 Å². The van der Waals surface area contributed by atoms with Crippen LogP contribution in [0, 0.1) is 12.8 Å². The summed E-state index contributed by atoms with van der Waals surface area (Å²) < 4.78 is 0. The molecular weight excluding hydrogens is 338 g/mol. The van der Waals surface area contributed by atoms with Crippen LogP contribution in [0.2, 0.25) is 0 Å². The molecule has 1 aliphatic rings. The Morgan fingerprint density at radius 3 is 2.63 bits per heavy atom. The third kappa shape index (κ3) is 6.22.